The van der Waals surface area contributed by atoms with Crippen LogP contribution in [0.15, 0.2) is 18.2 Å². The van der Waals surface area contributed by atoms with Gasteiger partial charge < -0.3 is 10.2 Å². The van der Waals surface area contributed by atoms with Crippen molar-refractivity contribution in [2.75, 3.05) is 33.2 Å². The van der Waals surface area contributed by atoms with Gasteiger partial charge in [0.15, 0.2) is 0 Å². The largest absolute Gasteiger partial charge is 0.337 e. The molecule has 2 aliphatic rings. The Morgan fingerprint density at radius 1 is 1.28 bits per heavy atom. The highest BCUT2D eigenvalue weighted by Crippen LogP contribution is 2.23. The number of nitrogens with zero attached hydrogens (tertiary/aromatic N) is 2. The highest BCUT2D eigenvalue weighted by atomic mass is 16.2. The number of piperazine rings is 1. The van der Waals surface area contributed by atoms with Gasteiger partial charge >= 0.3 is 0 Å². The van der Waals surface area contributed by atoms with Gasteiger partial charge in [-0.05, 0) is 17.2 Å². The molecule has 0 aliphatic carbocycles. The average Bonchev–Trinajstić information content (AvgIpc) is 2.67. The standard InChI is InChI=1S/C14H19N3O/c1-16-10-12-3-2-11(8-13(12)14(16)18)9-17-6-4-15-5-7-17/h2-3,8,15H,4-7,9-10H2,1H3. The number of hydrogen-bond acceptors (Lipinski definition) is 3. The number of benzene rings is 1. The summed E-state index contributed by atoms with van der Waals surface area (Å²) >= 11 is 0. The molecule has 18 heavy (non-hydrogen) atoms. The molecule has 96 valence electrons. The van der Waals surface area contributed by atoms with Gasteiger partial charge in [-0.1, -0.05) is 12.1 Å². The summed E-state index contributed by atoms with van der Waals surface area (Å²) in [6.45, 7) is 6.00. The molecule has 0 aromatic heterocycles. The summed E-state index contributed by atoms with van der Waals surface area (Å²) in [4.78, 5) is 16.2. The third-order valence-electron chi connectivity index (χ3n) is 3.77. The molecule has 1 amide bonds. The highest BCUT2D eigenvalue weighted by Gasteiger charge is 2.24. The number of fused-ring (bicyclic) bond motifs is 1. The smallest absolute Gasteiger partial charge is 0.254 e. The normalized spacial score (nSPS) is 20.3. The molecule has 0 atom stereocenters. The van der Waals surface area contributed by atoms with Gasteiger partial charge in [0.25, 0.3) is 5.91 Å². The molecule has 4 heteroatoms. The van der Waals surface area contributed by atoms with Crippen LogP contribution in [0, 0.1) is 0 Å². The predicted molar refractivity (Wildman–Crippen MR) is 70.4 cm³/mol. The molecular formula is C14H19N3O. The fourth-order valence-corrected chi connectivity index (χ4v) is 2.72. The van der Waals surface area contributed by atoms with Crippen LogP contribution >= 0.6 is 0 Å². The summed E-state index contributed by atoms with van der Waals surface area (Å²) < 4.78 is 0. The number of amides is 1. The summed E-state index contributed by atoms with van der Waals surface area (Å²) in [5.74, 6) is 0.159. The number of hydrogen-bond donors (Lipinski definition) is 1. The van der Waals surface area contributed by atoms with Crippen molar-refractivity contribution in [1.82, 2.24) is 15.1 Å². The molecule has 0 saturated carbocycles. The van der Waals surface area contributed by atoms with Crippen LogP contribution in [0.2, 0.25) is 0 Å². The van der Waals surface area contributed by atoms with E-state index in [2.05, 4.69) is 28.4 Å². The van der Waals surface area contributed by atoms with Crippen molar-refractivity contribution in [3.05, 3.63) is 34.9 Å². The maximum Gasteiger partial charge on any atom is 0.254 e. The molecule has 1 aromatic carbocycles. The van der Waals surface area contributed by atoms with Gasteiger partial charge in [0, 0.05) is 51.9 Å². The van der Waals surface area contributed by atoms with Crippen molar-refractivity contribution in [3.8, 4) is 0 Å². The van der Waals surface area contributed by atoms with E-state index < -0.39 is 0 Å². The molecule has 3 rings (SSSR count). The topological polar surface area (TPSA) is 35.6 Å². The van der Waals surface area contributed by atoms with Gasteiger partial charge in [0.05, 0.1) is 0 Å². The van der Waals surface area contributed by atoms with Gasteiger partial charge in [-0.2, -0.15) is 0 Å². The zero-order valence-corrected chi connectivity index (χ0v) is 10.8. The van der Waals surface area contributed by atoms with Crippen LogP contribution in [-0.4, -0.2) is 48.9 Å². The average molecular weight is 245 g/mol. The fraction of sp³-hybridized carbons (Fsp3) is 0.500. The first-order chi connectivity index (χ1) is 8.74. The van der Waals surface area contributed by atoms with Crippen molar-refractivity contribution < 1.29 is 4.79 Å². The second kappa shape index (κ2) is 4.71. The van der Waals surface area contributed by atoms with Gasteiger partial charge in [-0.3, -0.25) is 9.69 Å². The molecule has 0 radical (unpaired) electrons. The monoisotopic (exact) mass is 245 g/mol. The van der Waals surface area contributed by atoms with Crippen molar-refractivity contribution in [1.29, 1.82) is 0 Å². The lowest BCUT2D eigenvalue weighted by Gasteiger charge is -2.27. The molecule has 2 aliphatic heterocycles. The summed E-state index contributed by atoms with van der Waals surface area (Å²) in [5.41, 5.74) is 3.30. The van der Waals surface area contributed by atoms with Crippen LogP contribution in [0.5, 0.6) is 0 Å². The van der Waals surface area contributed by atoms with Crippen molar-refractivity contribution in [2.24, 2.45) is 0 Å². The quantitative estimate of drug-likeness (QED) is 0.832. The van der Waals surface area contributed by atoms with Crippen LogP contribution < -0.4 is 5.32 Å². The Bertz CT molecular complexity index is 466. The van der Waals surface area contributed by atoms with Crippen molar-refractivity contribution in [2.45, 2.75) is 13.1 Å². The van der Waals surface area contributed by atoms with Gasteiger partial charge in [0.1, 0.15) is 0 Å². The third-order valence-corrected chi connectivity index (χ3v) is 3.77. The lowest BCUT2D eigenvalue weighted by Crippen LogP contribution is -2.42. The van der Waals surface area contributed by atoms with E-state index >= 15 is 0 Å². The first-order valence-electron chi connectivity index (χ1n) is 6.54. The van der Waals surface area contributed by atoms with E-state index in [0.29, 0.717) is 0 Å². The van der Waals surface area contributed by atoms with Crippen LogP contribution in [0.4, 0.5) is 0 Å². The number of nitrogens with one attached hydrogen (secondary N) is 1. The summed E-state index contributed by atoms with van der Waals surface area (Å²) in [6.07, 6.45) is 0. The molecular weight excluding hydrogens is 226 g/mol. The van der Waals surface area contributed by atoms with Gasteiger partial charge in [-0.25, -0.2) is 0 Å². The predicted octanol–water partition coefficient (Wildman–Crippen LogP) is 0.677. The van der Waals surface area contributed by atoms with Crippen molar-refractivity contribution in [3.63, 3.8) is 0 Å². The number of carbonyl (C=O) groups is 1. The number of rotatable bonds is 2. The molecule has 0 bridgehead atoms. The fourth-order valence-electron chi connectivity index (χ4n) is 2.72. The van der Waals surface area contributed by atoms with Crippen LogP contribution in [0.25, 0.3) is 0 Å². The first-order valence-corrected chi connectivity index (χ1v) is 6.54. The minimum atomic E-state index is 0.159. The lowest BCUT2D eigenvalue weighted by molar-refractivity contribution is 0.0816. The maximum absolute atomic E-state index is 11.9. The van der Waals surface area contributed by atoms with Gasteiger partial charge in [0.2, 0.25) is 0 Å². The van der Waals surface area contributed by atoms with E-state index in [1.807, 2.05) is 7.05 Å². The van der Waals surface area contributed by atoms with E-state index in [4.69, 9.17) is 0 Å². The van der Waals surface area contributed by atoms with E-state index in [9.17, 15) is 4.79 Å². The van der Waals surface area contributed by atoms with E-state index in [0.717, 1.165) is 50.4 Å². The van der Waals surface area contributed by atoms with Crippen LogP contribution in [0.1, 0.15) is 21.5 Å². The molecule has 0 spiro atoms. The zero-order valence-electron chi connectivity index (χ0n) is 10.8. The number of carbonyl (C=O) groups excluding carboxylic acids is 1. The maximum atomic E-state index is 11.9. The van der Waals surface area contributed by atoms with E-state index in [1.165, 1.54) is 5.56 Å². The minimum absolute atomic E-state index is 0.159. The molecule has 4 nitrogen and oxygen atoms in total. The van der Waals surface area contributed by atoms with E-state index in [1.54, 1.807) is 4.90 Å². The highest BCUT2D eigenvalue weighted by molar-refractivity contribution is 5.98. The third kappa shape index (κ3) is 2.13. The Kier molecular flexibility index (Phi) is 3.06. The Labute approximate surface area is 108 Å². The summed E-state index contributed by atoms with van der Waals surface area (Å²) in [6, 6.07) is 6.34. The molecule has 2 heterocycles. The Morgan fingerprint density at radius 3 is 2.83 bits per heavy atom. The SMILES string of the molecule is CN1Cc2ccc(CN3CCNCC3)cc2C1=O. The minimum Gasteiger partial charge on any atom is -0.337 e. The Balaban J connectivity index is 1.76. The first kappa shape index (κ1) is 11.7. The molecule has 0 unspecified atom stereocenters. The molecule has 1 saturated heterocycles. The van der Waals surface area contributed by atoms with Crippen LogP contribution in [0.3, 0.4) is 0 Å². The Hall–Kier alpha value is -1.39. The molecule has 1 N–H and O–H groups in total. The summed E-state index contributed by atoms with van der Waals surface area (Å²) in [5, 5.41) is 3.35. The molecule has 1 aromatic rings. The Morgan fingerprint density at radius 2 is 2.06 bits per heavy atom. The van der Waals surface area contributed by atoms with E-state index in [-0.39, 0.29) is 5.91 Å². The lowest BCUT2D eigenvalue weighted by atomic mass is 10.1. The zero-order chi connectivity index (χ0) is 12.5. The van der Waals surface area contributed by atoms with Crippen molar-refractivity contribution >= 4 is 5.91 Å². The second-order valence-corrected chi connectivity index (χ2v) is 5.18. The van der Waals surface area contributed by atoms with Gasteiger partial charge in [-0.15, -0.1) is 0 Å². The summed E-state index contributed by atoms with van der Waals surface area (Å²) in [7, 11) is 1.86. The van der Waals surface area contributed by atoms with Crippen LogP contribution in [-0.2, 0) is 13.1 Å². The second-order valence-electron chi connectivity index (χ2n) is 5.18. The molecule has 1 fully saturated rings.